The van der Waals surface area contributed by atoms with Crippen LogP contribution >= 0.6 is 0 Å². The first-order chi connectivity index (χ1) is 9.64. The van der Waals surface area contributed by atoms with Crippen LogP contribution in [0.5, 0.6) is 0 Å². The van der Waals surface area contributed by atoms with Gasteiger partial charge in [-0.25, -0.2) is 0 Å². The first-order valence-electron chi connectivity index (χ1n) is 6.72. The number of nitrogens with zero attached hydrogens (tertiary/aromatic N) is 2. The molecular weight excluding hydrogens is 298 g/mol. The zero-order valence-corrected chi connectivity index (χ0v) is 14.1. The lowest BCUT2D eigenvalue weighted by Gasteiger charge is -2.26. The summed E-state index contributed by atoms with van der Waals surface area (Å²) in [5, 5.41) is 2.64. The van der Waals surface area contributed by atoms with E-state index in [2.05, 4.69) is 10.1 Å². The minimum Gasteiger partial charge on any atom is -0.469 e. The van der Waals surface area contributed by atoms with Crippen molar-refractivity contribution in [2.24, 2.45) is 0 Å². The number of methoxy groups -OCH3 is 1. The number of amides is 1. The Hall–Kier alpha value is -1.19. The van der Waals surface area contributed by atoms with Crippen LogP contribution in [0.2, 0.25) is 0 Å². The molecule has 0 aromatic carbocycles. The Morgan fingerprint density at radius 2 is 1.86 bits per heavy atom. The molecule has 1 N–H and O–H groups in total. The van der Waals surface area contributed by atoms with Gasteiger partial charge < -0.3 is 10.1 Å². The van der Waals surface area contributed by atoms with Crippen LogP contribution in [0.15, 0.2) is 0 Å². The minimum atomic E-state index is -3.79. The van der Waals surface area contributed by atoms with Gasteiger partial charge >= 0.3 is 5.97 Å². The first-order valence-corrected chi connectivity index (χ1v) is 8.12. The zero-order chi connectivity index (χ0) is 16.6. The average molecular weight is 323 g/mol. The van der Waals surface area contributed by atoms with Crippen LogP contribution < -0.4 is 5.32 Å². The highest BCUT2D eigenvalue weighted by molar-refractivity contribution is 7.86. The molecule has 0 aliphatic carbocycles. The molecule has 0 saturated carbocycles. The third-order valence-electron chi connectivity index (χ3n) is 2.70. The van der Waals surface area contributed by atoms with Crippen LogP contribution in [-0.2, 0) is 24.5 Å². The van der Waals surface area contributed by atoms with Gasteiger partial charge in [0.1, 0.15) is 0 Å². The van der Waals surface area contributed by atoms with Crippen molar-refractivity contribution in [2.75, 3.05) is 33.8 Å². The third kappa shape index (κ3) is 6.87. The number of nitrogens with one attached hydrogen (secondary N) is 1. The Morgan fingerprint density at radius 1 is 1.29 bits per heavy atom. The number of likely N-dealkylation sites (N-methyl/N-ethyl adjacent to an activating group) is 1. The molecular formula is C12H25N3O5S. The third-order valence-corrected chi connectivity index (χ3v) is 4.71. The molecule has 1 amide bonds. The van der Waals surface area contributed by atoms with Gasteiger partial charge in [-0.2, -0.15) is 17.0 Å². The number of carbonyl (C=O) groups excluding carboxylic acids is 2. The summed E-state index contributed by atoms with van der Waals surface area (Å²) in [6, 6.07) is -0.0593. The summed E-state index contributed by atoms with van der Waals surface area (Å²) >= 11 is 0. The normalized spacial score (nSPS) is 12.0. The predicted molar refractivity (Wildman–Crippen MR) is 78.7 cm³/mol. The maximum Gasteiger partial charge on any atom is 0.306 e. The number of hydrogen-bond acceptors (Lipinski definition) is 5. The molecule has 0 spiro atoms. The lowest BCUT2D eigenvalue weighted by molar-refractivity contribution is -0.140. The van der Waals surface area contributed by atoms with Crippen molar-refractivity contribution >= 4 is 22.1 Å². The second kappa shape index (κ2) is 8.96. The Labute approximate surface area is 126 Å². The van der Waals surface area contributed by atoms with Crippen LogP contribution in [0, 0.1) is 0 Å². The van der Waals surface area contributed by atoms with Gasteiger partial charge in [0.15, 0.2) is 0 Å². The van der Waals surface area contributed by atoms with Crippen molar-refractivity contribution in [3.05, 3.63) is 0 Å². The van der Waals surface area contributed by atoms with Crippen LogP contribution in [0.3, 0.4) is 0 Å². The van der Waals surface area contributed by atoms with Crippen molar-refractivity contribution < 1.29 is 22.7 Å². The number of esters is 1. The molecule has 0 heterocycles. The maximum absolute atomic E-state index is 12.3. The predicted octanol–water partition coefficient (Wildman–Crippen LogP) is -0.427. The Bertz CT molecular complexity index is 450. The molecule has 8 nitrogen and oxygen atoms in total. The van der Waals surface area contributed by atoms with Gasteiger partial charge in [-0.15, -0.1) is 0 Å². The highest BCUT2D eigenvalue weighted by Crippen LogP contribution is 2.07. The molecule has 0 aliphatic rings. The molecule has 9 heteroatoms. The van der Waals surface area contributed by atoms with E-state index in [1.54, 1.807) is 20.8 Å². The van der Waals surface area contributed by atoms with Crippen LogP contribution in [0.25, 0.3) is 0 Å². The molecule has 0 aliphatic heterocycles. The maximum atomic E-state index is 12.3. The molecule has 0 fully saturated rings. The lowest BCUT2D eigenvalue weighted by Crippen LogP contribution is -2.47. The van der Waals surface area contributed by atoms with Crippen molar-refractivity contribution in [1.29, 1.82) is 0 Å². The van der Waals surface area contributed by atoms with Gasteiger partial charge in [0.05, 0.1) is 20.1 Å². The SMILES string of the molecule is CCN(CC(=O)NC(C)C)S(=O)(=O)N(C)CCC(=O)OC. The molecule has 124 valence electrons. The molecule has 0 atom stereocenters. The molecule has 0 aromatic rings. The van der Waals surface area contributed by atoms with E-state index in [4.69, 9.17) is 0 Å². The largest absolute Gasteiger partial charge is 0.469 e. The van der Waals surface area contributed by atoms with E-state index in [1.807, 2.05) is 0 Å². The quantitative estimate of drug-likeness (QED) is 0.581. The van der Waals surface area contributed by atoms with Crippen molar-refractivity contribution in [3.8, 4) is 0 Å². The van der Waals surface area contributed by atoms with E-state index in [1.165, 1.54) is 14.2 Å². The molecule has 0 rings (SSSR count). The summed E-state index contributed by atoms with van der Waals surface area (Å²) in [6.45, 7) is 5.15. The Morgan fingerprint density at radius 3 is 2.29 bits per heavy atom. The van der Waals surface area contributed by atoms with Crippen LogP contribution in [0.1, 0.15) is 27.2 Å². The zero-order valence-electron chi connectivity index (χ0n) is 13.2. The summed E-state index contributed by atoms with van der Waals surface area (Å²) in [5.74, 6) is -0.852. The van der Waals surface area contributed by atoms with E-state index in [0.717, 1.165) is 8.61 Å². The van der Waals surface area contributed by atoms with Crippen LogP contribution in [0.4, 0.5) is 0 Å². The summed E-state index contributed by atoms with van der Waals surface area (Å²) in [5.41, 5.74) is 0. The first kappa shape index (κ1) is 19.8. The van der Waals surface area contributed by atoms with Gasteiger partial charge in [0, 0.05) is 26.2 Å². The lowest BCUT2D eigenvalue weighted by atomic mass is 10.4. The minimum absolute atomic E-state index is 0.00267. The van der Waals surface area contributed by atoms with Gasteiger partial charge in [-0.3, -0.25) is 9.59 Å². The molecule has 21 heavy (non-hydrogen) atoms. The van der Waals surface area contributed by atoms with E-state index < -0.39 is 16.2 Å². The monoisotopic (exact) mass is 323 g/mol. The molecule has 0 aromatic heterocycles. The van der Waals surface area contributed by atoms with E-state index in [-0.39, 0.29) is 38.0 Å². The number of rotatable bonds is 9. The van der Waals surface area contributed by atoms with Crippen molar-refractivity contribution in [3.63, 3.8) is 0 Å². The van der Waals surface area contributed by atoms with E-state index >= 15 is 0 Å². The Balaban J connectivity index is 4.75. The molecule has 0 unspecified atom stereocenters. The van der Waals surface area contributed by atoms with Gasteiger partial charge in [0.2, 0.25) is 5.91 Å². The van der Waals surface area contributed by atoms with Crippen molar-refractivity contribution in [1.82, 2.24) is 13.9 Å². The molecule has 0 bridgehead atoms. The van der Waals surface area contributed by atoms with Crippen molar-refractivity contribution in [2.45, 2.75) is 33.2 Å². The fourth-order valence-corrected chi connectivity index (χ4v) is 2.87. The van der Waals surface area contributed by atoms with E-state index in [9.17, 15) is 18.0 Å². The molecule has 0 radical (unpaired) electrons. The van der Waals surface area contributed by atoms with Gasteiger partial charge in [-0.1, -0.05) is 6.92 Å². The second-order valence-electron chi connectivity index (χ2n) is 4.80. The van der Waals surface area contributed by atoms with Gasteiger partial charge in [0.25, 0.3) is 10.2 Å². The summed E-state index contributed by atoms with van der Waals surface area (Å²) < 4.78 is 31.2. The number of carbonyl (C=O) groups is 2. The van der Waals surface area contributed by atoms with E-state index in [0.29, 0.717) is 0 Å². The van der Waals surface area contributed by atoms with Gasteiger partial charge in [-0.05, 0) is 13.8 Å². The Kier molecular flexibility index (Phi) is 8.45. The second-order valence-corrected chi connectivity index (χ2v) is 6.84. The smallest absolute Gasteiger partial charge is 0.306 e. The summed E-state index contributed by atoms with van der Waals surface area (Å²) in [4.78, 5) is 22.8. The average Bonchev–Trinajstić information content (AvgIpc) is 2.40. The number of ether oxygens (including phenoxy) is 1. The highest BCUT2D eigenvalue weighted by atomic mass is 32.2. The standard InChI is InChI=1S/C12H25N3O5S/c1-6-15(9-11(16)13-10(2)3)21(18,19)14(4)8-7-12(17)20-5/h10H,6-9H2,1-5H3,(H,13,16). The number of hydrogen-bond donors (Lipinski definition) is 1. The fourth-order valence-electron chi connectivity index (χ4n) is 1.55. The molecule has 0 saturated heterocycles. The topological polar surface area (TPSA) is 96.0 Å². The van der Waals surface area contributed by atoms with Crippen LogP contribution in [-0.4, -0.2) is 68.7 Å². The highest BCUT2D eigenvalue weighted by Gasteiger charge is 2.27. The summed E-state index contributed by atoms with van der Waals surface area (Å²) in [6.07, 6.45) is -0.0397. The summed E-state index contributed by atoms with van der Waals surface area (Å²) in [7, 11) is -1.18. The fraction of sp³-hybridized carbons (Fsp3) is 0.833.